The first-order valence-corrected chi connectivity index (χ1v) is 4.90. The third-order valence-corrected chi connectivity index (χ3v) is 1.89. The summed E-state index contributed by atoms with van der Waals surface area (Å²) in [5.74, 6) is 0.925. The van der Waals surface area contributed by atoms with Crippen molar-refractivity contribution in [3.05, 3.63) is 23.8 Å². The highest BCUT2D eigenvalue weighted by atomic mass is 16.5. The number of rotatable bonds is 2. The van der Waals surface area contributed by atoms with E-state index >= 15 is 0 Å². The molecule has 0 amide bonds. The summed E-state index contributed by atoms with van der Waals surface area (Å²) < 4.78 is 5.75. The van der Waals surface area contributed by atoms with Crippen LogP contribution in [0.2, 0.25) is 0 Å². The van der Waals surface area contributed by atoms with Gasteiger partial charge >= 0.3 is 0 Å². The highest BCUT2D eigenvalue weighted by molar-refractivity contribution is 5.53. The molecule has 0 spiro atoms. The van der Waals surface area contributed by atoms with Crippen LogP contribution in [-0.4, -0.2) is 12.6 Å². The number of hydrogen-bond donors (Lipinski definition) is 1. The quantitative estimate of drug-likeness (QED) is 0.778. The molecule has 1 N–H and O–H groups in total. The van der Waals surface area contributed by atoms with Crippen molar-refractivity contribution >= 4 is 5.69 Å². The predicted molar refractivity (Wildman–Crippen MR) is 61.1 cm³/mol. The van der Waals surface area contributed by atoms with Crippen LogP contribution in [0.15, 0.2) is 18.2 Å². The molecule has 0 aliphatic heterocycles. The van der Waals surface area contributed by atoms with Crippen LogP contribution in [0.1, 0.15) is 26.3 Å². The molecule has 0 aromatic heterocycles. The maximum absolute atomic E-state index is 5.75. The van der Waals surface area contributed by atoms with Crippen molar-refractivity contribution in [2.24, 2.45) is 0 Å². The second-order valence-corrected chi connectivity index (χ2v) is 4.44. The summed E-state index contributed by atoms with van der Waals surface area (Å²) in [4.78, 5) is 0. The monoisotopic (exact) mass is 193 g/mol. The number of aryl methyl sites for hydroxylation is 1. The van der Waals surface area contributed by atoms with Gasteiger partial charge in [-0.1, -0.05) is 0 Å². The second kappa shape index (κ2) is 3.91. The number of anilines is 1. The maximum atomic E-state index is 5.75. The summed E-state index contributed by atoms with van der Waals surface area (Å²) in [7, 11) is 1.92. The van der Waals surface area contributed by atoms with Gasteiger partial charge in [-0.15, -0.1) is 0 Å². The number of nitrogens with one attached hydrogen (secondary N) is 1. The average molecular weight is 193 g/mol. The van der Waals surface area contributed by atoms with Crippen LogP contribution in [0, 0.1) is 6.92 Å². The zero-order valence-corrected chi connectivity index (χ0v) is 9.64. The van der Waals surface area contributed by atoms with Gasteiger partial charge in [-0.2, -0.15) is 0 Å². The van der Waals surface area contributed by atoms with E-state index in [0.29, 0.717) is 0 Å². The minimum Gasteiger partial charge on any atom is -0.488 e. The molecule has 0 unspecified atom stereocenters. The van der Waals surface area contributed by atoms with Crippen molar-refractivity contribution < 1.29 is 4.74 Å². The van der Waals surface area contributed by atoms with E-state index in [0.717, 1.165) is 11.4 Å². The van der Waals surface area contributed by atoms with E-state index in [4.69, 9.17) is 4.74 Å². The highest BCUT2D eigenvalue weighted by Gasteiger charge is 2.11. The first-order valence-electron chi connectivity index (χ1n) is 4.90. The third kappa shape index (κ3) is 2.95. The molecular formula is C12H19NO. The lowest BCUT2D eigenvalue weighted by Crippen LogP contribution is -2.22. The van der Waals surface area contributed by atoms with Crippen LogP contribution in [0.25, 0.3) is 0 Å². The molecule has 0 bridgehead atoms. The van der Waals surface area contributed by atoms with E-state index in [1.54, 1.807) is 0 Å². The van der Waals surface area contributed by atoms with Crippen molar-refractivity contribution in [2.45, 2.75) is 33.3 Å². The van der Waals surface area contributed by atoms with Crippen LogP contribution in [0.4, 0.5) is 5.69 Å². The second-order valence-electron chi connectivity index (χ2n) is 4.44. The van der Waals surface area contributed by atoms with Crippen molar-refractivity contribution in [3.63, 3.8) is 0 Å². The van der Waals surface area contributed by atoms with E-state index < -0.39 is 0 Å². The van der Waals surface area contributed by atoms with Crippen molar-refractivity contribution in [1.29, 1.82) is 0 Å². The highest BCUT2D eigenvalue weighted by Crippen LogP contribution is 2.23. The van der Waals surface area contributed by atoms with Gasteiger partial charge in [0.25, 0.3) is 0 Å². The molecule has 1 rings (SSSR count). The fraction of sp³-hybridized carbons (Fsp3) is 0.500. The van der Waals surface area contributed by atoms with E-state index in [9.17, 15) is 0 Å². The van der Waals surface area contributed by atoms with Crippen molar-refractivity contribution in [2.75, 3.05) is 12.4 Å². The topological polar surface area (TPSA) is 21.3 Å². The summed E-state index contributed by atoms with van der Waals surface area (Å²) in [5, 5.41) is 3.13. The normalized spacial score (nSPS) is 11.2. The lowest BCUT2D eigenvalue weighted by atomic mass is 10.1. The van der Waals surface area contributed by atoms with Gasteiger partial charge in [-0.3, -0.25) is 0 Å². The van der Waals surface area contributed by atoms with E-state index in [2.05, 4.69) is 18.3 Å². The largest absolute Gasteiger partial charge is 0.488 e. The summed E-state index contributed by atoms with van der Waals surface area (Å²) in [5.41, 5.74) is 2.22. The molecular weight excluding hydrogens is 174 g/mol. The first-order chi connectivity index (χ1) is 6.42. The van der Waals surface area contributed by atoms with Gasteiger partial charge in [0.05, 0.1) is 0 Å². The standard InChI is InChI=1S/C12H19NO/c1-9-8-10(14-12(2,3)4)6-7-11(9)13-5/h6-8,13H,1-5H3. The maximum Gasteiger partial charge on any atom is 0.120 e. The van der Waals surface area contributed by atoms with Crippen LogP contribution >= 0.6 is 0 Å². The number of ether oxygens (including phenoxy) is 1. The molecule has 1 aromatic rings. The summed E-state index contributed by atoms with van der Waals surface area (Å²) >= 11 is 0. The first kappa shape index (κ1) is 10.9. The molecule has 0 saturated heterocycles. The molecule has 1 aromatic carbocycles. The molecule has 0 heterocycles. The molecule has 14 heavy (non-hydrogen) atoms. The molecule has 0 saturated carbocycles. The van der Waals surface area contributed by atoms with Crippen LogP contribution in [-0.2, 0) is 0 Å². The molecule has 0 fully saturated rings. The van der Waals surface area contributed by atoms with Gasteiger partial charge in [0.2, 0.25) is 0 Å². The predicted octanol–water partition coefficient (Wildman–Crippen LogP) is 3.21. The Hall–Kier alpha value is -1.18. The Morgan fingerprint density at radius 3 is 2.29 bits per heavy atom. The van der Waals surface area contributed by atoms with Gasteiger partial charge in [-0.25, -0.2) is 0 Å². The number of benzene rings is 1. The molecule has 2 heteroatoms. The fourth-order valence-corrected chi connectivity index (χ4v) is 1.33. The number of hydrogen-bond acceptors (Lipinski definition) is 2. The Morgan fingerprint density at radius 2 is 1.86 bits per heavy atom. The lowest BCUT2D eigenvalue weighted by molar-refractivity contribution is 0.131. The fourth-order valence-electron chi connectivity index (χ4n) is 1.33. The Bertz CT molecular complexity index is 313. The van der Waals surface area contributed by atoms with Gasteiger partial charge in [0, 0.05) is 12.7 Å². The van der Waals surface area contributed by atoms with Crippen molar-refractivity contribution in [3.8, 4) is 5.75 Å². The third-order valence-electron chi connectivity index (χ3n) is 1.89. The minimum absolute atomic E-state index is 0.131. The molecule has 0 radical (unpaired) electrons. The van der Waals surface area contributed by atoms with Gasteiger partial charge in [0.1, 0.15) is 11.4 Å². The van der Waals surface area contributed by atoms with Crippen molar-refractivity contribution in [1.82, 2.24) is 0 Å². The molecule has 2 nitrogen and oxygen atoms in total. The van der Waals surface area contributed by atoms with Crippen LogP contribution < -0.4 is 10.1 Å². The summed E-state index contributed by atoms with van der Waals surface area (Å²) in [6.07, 6.45) is 0. The molecule has 78 valence electrons. The lowest BCUT2D eigenvalue weighted by Gasteiger charge is -2.21. The Balaban J connectivity index is 2.87. The van der Waals surface area contributed by atoms with Crippen LogP contribution in [0.5, 0.6) is 5.75 Å². The minimum atomic E-state index is -0.131. The Kier molecular flexibility index (Phi) is 3.04. The van der Waals surface area contributed by atoms with E-state index in [-0.39, 0.29) is 5.60 Å². The summed E-state index contributed by atoms with van der Waals surface area (Å²) in [6.45, 7) is 8.22. The average Bonchev–Trinajstić information content (AvgIpc) is 2.01. The van der Waals surface area contributed by atoms with Gasteiger partial charge in [-0.05, 0) is 51.5 Å². The molecule has 0 atom stereocenters. The Morgan fingerprint density at radius 1 is 1.21 bits per heavy atom. The molecule has 0 aliphatic rings. The SMILES string of the molecule is CNc1ccc(OC(C)(C)C)cc1C. The zero-order chi connectivity index (χ0) is 10.8. The van der Waals surface area contributed by atoms with E-state index in [1.165, 1.54) is 5.56 Å². The molecule has 0 aliphatic carbocycles. The van der Waals surface area contributed by atoms with E-state index in [1.807, 2.05) is 40.0 Å². The van der Waals surface area contributed by atoms with Gasteiger partial charge in [0.15, 0.2) is 0 Å². The summed E-state index contributed by atoms with van der Waals surface area (Å²) in [6, 6.07) is 6.08. The van der Waals surface area contributed by atoms with Crippen LogP contribution in [0.3, 0.4) is 0 Å². The van der Waals surface area contributed by atoms with Gasteiger partial charge < -0.3 is 10.1 Å². The Labute approximate surface area is 86.3 Å². The zero-order valence-electron chi connectivity index (χ0n) is 9.64. The smallest absolute Gasteiger partial charge is 0.120 e.